The summed E-state index contributed by atoms with van der Waals surface area (Å²) in [6, 6.07) is 1.70. The van der Waals surface area contributed by atoms with Crippen molar-refractivity contribution < 1.29 is 31.0 Å². The van der Waals surface area contributed by atoms with Gasteiger partial charge in [-0.3, -0.25) is 4.79 Å². The van der Waals surface area contributed by atoms with Crippen LogP contribution in [0.4, 0.5) is 4.39 Å². The molecule has 8 nitrogen and oxygen atoms in total. The number of rotatable bonds is 1. The molecule has 9 heteroatoms. The number of benzene rings is 1. The van der Waals surface area contributed by atoms with Crippen molar-refractivity contribution in [3.05, 3.63) is 61.7 Å². The highest BCUT2D eigenvalue weighted by Gasteiger charge is 2.46. The van der Waals surface area contributed by atoms with Crippen LogP contribution in [-0.4, -0.2) is 25.7 Å². The van der Waals surface area contributed by atoms with Gasteiger partial charge in [0.15, 0.2) is 5.60 Å². The Hall–Kier alpha value is -3.14. The van der Waals surface area contributed by atoms with Crippen molar-refractivity contribution in [3.8, 4) is 11.4 Å². The lowest BCUT2D eigenvalue weighted by Crippen LogP contribution is -2.44. The minimum Gasteiger partial charge on any atom is -0.458 e. The summed E-state index contributed by atoms with van der Waals surface area (Å²) in [6.07, 6.45) is -4.43. The van der Waals surface area contributed by atoms with E-state index in [1.54, 1.807) is 6.92 Å². The summed E-state index contributed by atoms with van der Waals surface area (Å²) >= 11 is 0. The average molecular weight is 456 g/mol. The van der Waals surface area contributed by atoms with E-state index in [0.29, 0.717) is 22.1 Å². The molecule has 2 aromatic heterocycles. The molecule has 0 saturated carbocycles. The number of hydrogen-bond donors (Lipinski definition) is 3. The van der Waals surface area contributed by atoms with E-state index in [-0.39, 0.29) is 41.0 Å². The molecular weight excluding hydrogens is 429 g/mol. The van der Waals surface area contributed by atoms with Gasteiger partial charge in [0.25, 0.3) is 5.56 Å². The quantitative estimate of drug-likeness (QED) is 0.374. The Balaban J connectivity index is 1.69. The van der Waals surface area contributed by atoms with Gasteiger partial charge in [0.2, 0.25) is 0 Å². The number of hydrogen-bond acceptors (Lipinski definition) is 7. The van der Waals surface area contributed by atoms with Crippen molar-refractivity contribution >= 4 is 16.9 Å². The lowest BCUT2D eigenvalue weighted by molar-refractivity contribution is -0.172. The van der Waals surface area contributed by atoms with Gasteiger partial charge in [0.1, 0.15) is 12.4 Å². The fraction of sp³-hybridized carbons (Fsp3) is 0.375. The van der Waals surface area contributed by atoms with Crippen LogP contribution in [0.15, 0.2) is 16.9 Å². The normalized spacial score (nSPS) is 28.0. The first kappa shape index (κ1) is 15.7. The molecule has 0 bridgehead atoms. The van der Waals surface area contributed by atoms with Crippen molar-refractivity contribution in [1.82, 2.24) is 9.55 Å². The number of carbonyl (C=O) groups excluding carboxylic acids is 1. The third kappa shape index (κ3) is 2.41. The number of aliphatic hydroxyl groups excluding tert-OH is 1. The van der Waals surface area contributed by atoms with Crippen LogP contribution in [0.25, 0.3) is 22.3 Å². The second-order valence-electron chi connectivity index (χ2n) is 8.73. The van der Waals surface area contributed by atoms with Crippen LogP contribution in [0.1, 0.15) is 72.0 Å². The van der Waals surface area contributed by atoms with Gasteiger partial charge in [-0.15, -0.1) is 0 Å². The zero-order chi connectivity index (χ0) is 27.7. The van der Waals surface area contributed by atoms with E-state index < -0.39 is 60.5 Å². The Morgan fingerprint density at radius 2 is 2.18 bits per heavy atom. The highest BCUT2D eigenvalue weighted by atomic mass is 19.1. The van der Waals surface area contributed by atoms with Gasteiger partial charge in [0, 0.05) is 35.5 Å². The van der Waals surface area contributed by atoms with Gasteiger partial charge < -0.3 is 25.3 Å². The minimum absolute atomic E-state index is 0.0206. The van der Waals surface area contributed by atoms with Crippen LogP contribution in [0.5, 0.6) is 0 Å². The van der Waals surface area contributed by atoms with Crippen molar-refractivity contribution in [2.75, 3.05) is 0 Å². The number of ether oxygens (including phenoxy) is 1. The topological polar surface area (TPSA) is 128 Å². The van der Waals surface area contributed by atoms with E-state index in [1.165, 1.54) is 16.7 Å². The highest BCUT2D eigenvalue weighted by molar-refractivity contribution is 5.93. The molecule has 0 amide bonds. The Morgan fingerprint density at radius 1 is 1.39 bits per heavy atom. The molecule has 3 aliphatic rings. The molecule has 0 spiro atoms. The zero-order valence-electron chi connectivity index (χ0n) is 22.4. The SMILES string of the molecule is [2H]C([2H])([2H])C([2H])([2H])[C@@]1(O)C(=O)OCc2c1cc1n(c2=O)Cc2c-1nc1cc(F)c(C)c3c1c2[C@@H](N)CC3O. The summed E-state index contributed by atoms with van der Waals surface area (Å²) in [4.78, 5) is 30.9. The van der Waals surface area contributed by atoms with Gasteiger partial charge in [0.05, 0.1) is 35.1 Å². The van der Waals surface area contributed by atoms with E-state index in [1.807, 2.05) is 0 Å². The number of halogens is 1. The number of aromatic nitrogens is 2. The second kappa shape index (κ2) is 6.47. The number of nitrogens with two attached hydrogens (primary N) is 1. The first-order chi connectivity index (χ1) is 17.6. The van der Waals surface area contributed by atoms with Gasteiger partial charge in [-0.1, -0.05) is 6.85 Å². The van der Waals surface area contributed by atoms with Gasteiger partial charge >= 0.3 is 5.97 Å². The average Bonchev–Trinajstić information content (AvgIpc) is 3.18. The summed E-state index contributed by atoms with van der Waals surface area (Å²) < 4.78 is 60.3. The number of aliphatic hydroxyl groups is 2. The maximum absolute atomic E-state index is 14.8. The smallest absolute Gasteiger partial charge is 0.343 e. The van der Waals surface area contributed by atoms with Crippen molar-refractivity contribution in [2.24, 2.45) is 5.73 Å². The van der Waals surface area contributed by atoms with Gasteiger partial charge in [-0.25, -0.2) is 14.2 Å². The van der Waals surface area contributed by atoms with E-state index in [0.717, 1.165) is 0 Å². The molecule has 1 aliphatic carbocycles. The number of esters is 1. The van der Waals surface area contributed by atoms with Gasteiger partial charge in [-0.05, 0) is 42.5 Å². The molecule has 4 N–H and O–H groups in total. The predicted molar refractivity (Wildman–Crippen MR) is 116 cm³/mol. The van der Waals surface area contributed by atoms with Crippen LogP contribution in [-0.2, 0) is 28.3 Å². The van der Waals surface area contributed by atoms with Gasteiger partial charge in [-0.2, -0.15) is 0 Å². The maximum Gasteiger partial charge on any atom is 0.343 e. The van der Waals surface area contributed by atoms with E-state index in [4.69, 9.17) is 17.3 Å². The second-order valence-corrected chi connectivity index (χ2v) is 8.73. The Bertz CT molecular complexity index is 1670. The number of carbonyl (C=O) groups is 1. The molecule has 33 heavy (non-hydrogen) atoms. The summed E-state index contributed by atoms with van der Waals surface area (Å²) in [7, 11) is 0. The lowest BCUT2D eigenvalue weighted by atomic mass is 9.80. The summed E-state index contributed by atoms with van der Waals surface area (Å²) in [5.41, 5.74) is 3.79. The molecule has 1 unspecified atom stereocenters. The molecule has 0 radical (unpaired) electrons. The van der Waals surface area contributed by atoms with Crippen LogP contribution in [0.3, 0.4) is 0 Å². The van der Waals surface area contributed by atoms with Crippen LogP contribution in [0, 0.1) is 12.7 Å². The molecule has 4 heterocycles. The first-order valence-electron chi connectivity index (χ1n) is 12.9. The lowest BCUT2D eigenvalue weighted by Gasteiger charge is -2.31. The van der Waals surface area contributed by atoms with Crippen LogP contribution >= 0.6 is 0 Å². The van der Waals surface area contributed by atoms with E-state index in [2.05, 4.69) is 4.98 Å². The number of fused-ring (bicyclic) bond motifs is 5. The molecular formula is C24H22FN3O5. The molecule has 0 fully saturated rings. The molecule has 170 valence electrons. The predicted octanol–water partition coefficient (Wildman–Crippen LogP) is 1.96. The molecule has 1 aromatic carbocycles. The minimum atomic E-state index is -3.52. The van der Waals surface area contributed by atoms with Crippen LogP contribution in [0.2, 0.25) is 0 Å². The van der Waals surface area contributed by atoms with Crippen molar-refractivity contribution in [2.45, 2.75) is 57.5 Å². The Morgan fingerprint density at radius 3 is 2.94 bits per heavy atom. The highest BCUT2D eigenvalue weighted by Crippen LogP contribution is 2.47. The first-order valence-corrected chi connectivity index (χ1v) is 10.4. The van der Waals surface area contributed by atoms with E-state index >= 15 is 0 Å². The summed E-state index contributed by atoms with van der Waals surface area (Å²) in [5, 5.41) is 22.5. The molecule has 3 aromatic rings. The fourth-order valence-corrected chi connectivity index (χ4v) is 5.40. The molecule has 0 saturated heterocycles. The third-order valence-corrected chi connectivity index (χ3v) is 7.02. The van der Waals surface area contributed by atoms with E-state index in [9.17, 15) is 24.2 Å². The number of nitrogens with zero attached hydrogens (tertiary/aromatic N) is 2. The number of pyridine rings is 2. The summed E-state index contributed by atoms with van der Waals surface area (Å²) in [5.74, 6) is -2.13. The Labute approximate surface area is 194 Å². The zero-order valence-corrected chi connectivity index (χ0v) is 17.4. The van der Waals surface area contributed by atoms with Crippen molar-refractivity contribution in [3.63, 3.8) is 0 Å². The van der Waals surface area contributed by atoms with Crippen LogP contribution < -0.4 is 11.3 Å². The molecule has 6 rings (SSSR count). The monoisotopic (exact) mass is 456 g/mol. The maximum atomic E-state index is 14.8. The fourth-order valence-electron chi connectivity index (χ4n) is 5.40. The molecule has 2 aliphatic heterocycles. The molecule has 3 atom stereocenters. The Kier molecular flexibility index (Phi) is 3.07. The number of cyclic esters (lactones) is 1. The largest absolute Gasteiger partial charge is 0.458 e. The van der Waals surface area contributed by atoms with Crippen molar-refractivity contribution in [1.29, 1.82) is 0 Å². The third-order valence-electron chi connectivity index (χ3n) is 7.02. The summed E-state index contributed by atoms with van der Waals surface area (Å²) in [6.45, 7) is -2.52. The standard InChI is InChI=1S/C24H22FN3O5/c1-3-24(32)12-4-16-21-10(7-28(16)22(30)11(12)8-33-23(24)31)19-14(26)6-17(29)18-9(2)13(25)5-15(27-21)20(18)19/h4-5,14,17,29,32H,3,6-8,26H2,1-2H3/t14-,17?,24-/m0/s1/i1D3,3D2.